The zero-order valence-electron chi connectivity index (χ0n) is 17.0. The van der Waals surface area contributed by atoms with Gasteiger partial charge >= 0.3 is 0 Å². The van der Waals surface area contributed by atoms with Gasteiger partial charge in [-0.05, 0) is 82.4 Å². The number of benzene rings is 2. The Morgan fingerprint density at radius 2 is 1.70 bits per heavy atom. The molecule has 0 unspecified atom stereocenters. The molecule has 0 atom stereocenters. The fourth-order valence-electron chi connectivity index (χ4n) is 2.46. The number of ether oxygens (including phenoxy) is 1. The molecule has 0 bridgehead atoms. The predicted molar refractivity (Wildman–Crippen MR) is 125 cm³/mol. The van der Waals surface area contributed by atoms with Gasteiger partial charge < -0.3 is 10.1 Å². The number of rotatable bonds is 7. The number of hydrogen-bond donors (Lipinski definition) is 3. The summed E-state index contributed by atoms with van der Waals surface area (Å²) in [4.78, 5) is 12.8. The molecule has 2 aromatic carbocycles. The van der Waals surface area contributed by atoms with Crippen molar-refractivity contribution in [3.63, 3.8) is 0 Å². The summed E-state index contributed by atoms with van der Waals surface area (Å²) in [5.41, 5.74) is 0.875. The zero-order chi connectivity index (χ0) is 22.5. The molecule has 162 valence electrons. The first kappa shape index (κ1) is 24.3. The lowest BCUT2D eigenvalue weighted by atomic mass is 10.2. The van der Waals surface area contributed by atoms with Gasteiger partial charge in [-0.3, -0.25) is 10.1 Å². The molecule has 0 aliphatic carbocycles. The highest BCUT2D eigenvalue weighted by Gasteiger charge is 2.17. The average Bonchev–Trinajstić information content (AvgIpc) is 2.62. The number of thiocarbonyl (C=S) groups is 1. The highest BCUT2D eigenvalue weighted by Crippen LogP contribution is 2.24. The Bertz CT molecular complexity index is 1020. The van der Waals surface area contributed by atoms with Gasteiger partial charge in [0.05, 0.1) is 16.6 Å². The van der Waals surface area contributed by atoms with Crippen LogP contribution in [-0.4, -0.2) is 31.6 Å². The monoisotopic (exact) mass is 513 g/mol. The standard InChI is InChI=1S/C20H24BrN3O4S2/c1-12(2)24-30(26,27)16-8-6-15(7-9-16)22-20(29)23-19(25)17-11-14(21)5-10-18(17)28-13(3)4/h5-13,24H,1-4H3,(H2,22,23,25,29). The van der Waals surface area contributed by atoms with E-state index in [9.17, 15) is 13.2 Å². The molecule has 10 heteroatoms. The largest absolute Gasteiger partial charge is 0.490 e. The molecule has 0 radical (unpaired) electrons. The summed E-state index contributed by atoms with van der Waals surface area (Å²) in [6.45, 7) is 7.24. The van der Waals surface area contributed by atoms with Crippen molar-refractivity contribution in [2.75, 3.05) is 5.32 Å². The zero-order valence-corrected chi connectivity index (χ0v) is 20.2. The maximum atomic E-state index is 12.7. The van der Waals surface area contributed by atoms with Gasteiger partial charge in [0.2, 0.25) is 10.0 Å². The fraction of sp³-hybridized carbons (Fsp3) is 0.300. The second-order valence-corrected chi connectivity index (χ2v) is 10.1. The molecule has 30 heavy (non-hydrogen) atoms. The van der Waals surface area contributed by atoms with Crippen molar-refractivity contribution >= 4 is 54.9 Å². The molecule has 0 fully saturated rings. The normalized spacial score (nSPS) is 11.4. The summed E-state index contributed by atoms with van der Waals surface area (Å²) in [7, 11) is -3.58. The van der Waals surface area contributed by atoms with Crippen LogP contribution in [0.15, 0.2) is 51.8 Å². The van der Waals surface area contributed by atoms with Crippen LogP contribution >= 0.6 is 28.1 Å². The van der Waals surface area contributed by atoms with Crippen molar-refractivity contribution in [3.05, 3.63) is 52.5 Å². The fourth-order valence-corrected chi connectivity index (χ4v) is 4.29. The van der Waals surface area contributed by atoms with Crippen molar-refractivity contribution in [2.45, 2.75) is 44.7 Å². The molecule has 3 N–H and O–H groups in total. The van der Waals surface area contributed by atoms with Crippen molar-refractivity contribution in [3.8, 4) is 5.75 Å². The summed E-state index contributed by atoms with van der Waals surface area (Å²) < 4.78 is 33.3. The summed E-state index contributed by atoms with van der Waals surface area (Å²) in [6, 6.07) is 11.0. The number of amides is 1. The van der Waals surface area contributed by atoms with E-state index in [-0.39, 0.29) is 22.2 Å². The molecular formula is C20H24BrN3O4S2. The molecule has 0 heterocycles. The summed E-state index contributed by atoms with van der Waals surface area (Å²) in [6.07, 6.45) is -0.0946. The first-order valence-electron chi connectivity index (χ1n) is 9.19. The van der Waals surface area contributed by atoms with Crippen molar-refractivity contribution < 1.29 is 17.9 Å². The lowest BCUT2D eigenvalue weighted by molar-refractivity contribution is 0.0972. The van der Waals surface area contributed by atoms with E-state index in [0.717, 1.165) is 4.47 Å². The smallest absolute Gasteiger partial charge is 0.261 e. The Morgan fingerprint density at radius 1 is 1.07 bits per heavy atom. The van der Waals surface area contributed by atoms with Gasteiger partial charge in [-0.15, -0.1) is 0 Å². The molecule has 2 aromatic rings. The minimum absolute atomic E-state index is 0.0754. The van der Waals surface area contributed by atoms with Crippen molar-refractivity contribution in [2.24, 2.45) is 0 Å². The second-order valence-electron chi connectivity index (χ2n) is 7.02. The Morgan fingerprint density at radius 3 is 2.27 bits per heavy atom. The molecular weight excluding hydrogens is 490 g/mol. The highest BCUT2D eigenvalue weighted by atomic mass is 79.9. The third-order valence-electron chi connectivity index (χ3n) is 3.59. The van der Waals surface area contributed by atoms with E-state index in [1.807, 2.05) is 13.8 Å². The minimum atomic E-state index is -3.58. The number of halogens is 1. The van der Waals surface area contributed by atoms with Crippen molar-refractivity contribution in [1.29, 1.82) is 0 Å². The van der Waals surface area contributed by atoms with Crippen LogP contribution in [0.4, 0.5) is 5.69 Å². The quantitative estimate of drug-likeness (QED) is 0.483. The van der Waals surface area contributed by atoms with E-state index in [0.29, 0.717) is 17.0 Å². The molecule has 0 saturated carbocycles. The molecule has 0 spiro atoms. The van der Waals surface area contributed by atoms with E-state index in [2.05, 4.69) is 31.3 Å². The number of carbonyl (C=O) groups excluding carboxylic acids is 1. The maximum Gasteiger partial charge on any atom is 0.261 e. The second kappa shape index (κ2) is 10.3. The van der Waals surface area contributed by atoms with Gasteiger partial charge in [0.15, 0.2) is 5.11 Å². The molecule has 0 saturated heterocycles. The maximum absolute atomic E-state index is 12.7. The Hall–Kier alpha value is -2.01. The van der Waals surface area contributed by atoms with Gasteiger partial charge in [-0.2, -0.15) is 0 Å². The highest BCUT2D eigenvalue weighted by molar-refractivity contribution is 9.10. The number of hydrogen-bond acceptors (Lipinski definition) is 5. The van der Waals surface area contributed by atoms with Crippen LogP contribution in [-0.2, 0) is 10.0 Å². The van der Waals surface area contributed by atoms with E-state index in [1.54, 1.807) is 44.2 Å². The summed E-state index contributed by atoms with van der Waals surface area (Å²) in [5, 5.41) is 5.55. The van der Waals surface area contributed by atoms with Crippen LogP contribution in [0.3, 0.4) is 0 Å². The van der Waals surface area contributed by atoms with Crippen LogP contribution < -0.4 is 20.1 Å². The minimum Gasteiger partial charge on any atom is -0.490 e. The van der Waals surface area contributed by atoms with E-state index in [1.165, 1.54) is 12.1 Å². The number of nitrogens with one attached hydrogen (secondary N) is 3. The van der Waals surface area contributed by atoms with Crippen LogP contribution in [0, 0.1) is 0 Å². The van der Waals surface area contributed by atoms with Gasteiger partial charge in [0.1, 0.15) is 5.75 Å². The molecule has 7 nitrogen and oxygen atoms in total. The lowest BCUT2D eigenvalue weighted by Crippen LogP contribution is -2.34. The van der Waals surface area contributed by atoms with E-state index >= 15 is 0 Å². The number of carbonyl (C=O) groups is 1. The molecule has 0 aromatic heterocycles. The average molecular weight is 514 g/mol. The van der Waals surface area contributed by atoms with E-state index in [4.69, 9.17) is 17.0 Å². The molecule has 0 aliphatic rings. The Balaban J connectivity index is 2.08. The number of anilines is 1. The van der Waals surface area contributed by atoms with Crippen LogP contribution in [0.1, 0.15) is 38.1 Å². The third-order valence-corrected chi connectivity index (χ3v) is 5.96. The Kier molecular flexibility index (Phi) is 8.36. The lowest BCUT2D eigenvalue weighted by Gasteiger charge is -2.15. The van der Waals surface area contributed by atoms with Crippen molar-refractivity contribution in [1.82, 2.24) is 10.0 Å². The van der Waals surface area contributed by atoms with Gasteiger partial charge in [0, 0.05) is 16.2 Å². The topological polar surface area (TPSA) is 96.5 Å². The van der Waals surface area contributed by atoms with E-state index < -0.39 is 15.9 Å². The van der Waals surface area contributed by atoms with Crippen LogP contribution in [0.5, 0.6) is 5.75 Å². The van der Waals surface area contributed by atoms with Crippen LogP contribution in [0.2, 0.25) is 0 Å². The third kappa shape index (κ3) is 7.05. The van der Waals surface area contributed by atoms with Gasteiger partial charge in [-0.25, -0.2) is 13.1 Å². The first-order valence-corrected chi connectivity index (χ1v) is 11.9. The van der Waals surface area contributed by atoms with Crippen LogP contribution in [0.25, 0.3) is 0 Å². The predicted octanol–water partition coefficient (Wildman–Crippen LogP) is 4.05. The SMILES string of the molecule is CC(C)NS(=O)(=O)c1ccc(NC(=S)NC(=O)c2cc(Br)ccc2OC(C)C)cc1. The molecule has 1 amide bonds. The summed E-state index contributed by atoms with van der Waals surface area (Å²) in [5.74, 6) is 0.0190. The summed E-state index contributed by atoms with van der Waals surface area (Å²) >= 11 is 8.56. The Labute approximate surface area is 190 Å². The van der Waals surface area contributed by atoms with Gasteiger partial charge in [0.25, 0.3) is 5.91 Å². The molecule has 0 aliphatic heterocycles. The first-order chi connectivity index (χ1) is 14.0. The molecule has 2 rings (SSSR count). The number of sulfonamides is 1. The van der Waals surface area contributed by atoms with Gasteiger partial charge in [-0.1, -0.05) is 15.9 Å².